The minimum Gasteiger partial charge on any atom is -0.371 e. The number of rotatable bonds is 3. The Balaban J connectivity index is 1.69. The normalized spacial score (nSPS) is 24.2. The van der Waals surface area contributed by atoms with Crippen LogP contribution in [0.2, 0.25) is 0 Å². The molecule has 1 saturated carbocycles. The quantitative estimate of drug-likeness (QED) is 0.904. The average molecular weight is 260 g/mol. The highest BCUT2D eigenvalue weighted by Gasteiger charge is 2.29. The van der Waals surface area contributed by atoms with Gasteiger partial charge >= 0.3 is 0 Å². The Morgan fingerprint density at radius 2 is 2.26 bits per heavy atom. The van der Waals surface area contributed by atoms with E-state index in [9.17, 15) is 4.79 Å². The van der Waals surface area contributed by atoms with Gasteiger partial charge in [-0.1, -0.05) is 12.1 Å². The number of nitrogens with zero attached hydrogens (tertiary/aromatic N) is 1. The van der Waals surface area contributed by atoms with Crippen molar-refractivity contribution in [2.45, 2.75) is 18.9 Å². The van der Waals surface area contributed by atoms with E-state index in [0.717, 1.165) is 43.8 Å². The summed E-state index contributed by atoms with van der Waals surface area (Å²) >= 11 is 0. The lowest BCUT2D eigenvalue weighted by molar-refractivity contribution is -0.117. The van der Waals surface area contributed by atoms with Crippen molar-refractivity contribution in [1.29, 1.82) is 0 Å². The number of carbonyl (C=O) groups is 1. The highest BCUT2D eigenvalue weighted by molar-refractivity contribution is 5.94. The third-order valence-corrected chi connectivity index (χ3v) is 3.74. The fourth-order valence-electron chi connectivity index (χ4n) is 2.39. The van der Waals surface area contributed by atoms with Gasteiger partial charge in [0.25, 0.3) is 0 Å². The fourth-order valence-corrected chi connectivity index (χ4v) is 2.39. The fraction of sp³-hybridized carbons (Fsp3) is 0.533. The minimum absolute atomic E-state index is 0.108. The van der Waals surface area contributed by atoms with Crippen LogP contribution in [-0.2, 0) is 9.53 Å². The van der Waals surface area contributed by atoms with Crippen LogP contribution in [0, 0.1) is 5.92 Å². The zero-order chi connectivity index (χ0) is 13.2. The predicted molar refractivity (Wildman–Crippen MR) is 74.0 cm³/mol. The predicted octanol–water partition coefficient (Wildman–Crippen LogP) is 2.04. The highest BCUT2D eigenvalue weighted by atomic mass is 16.5. The van der Waals surface area contributed by atoms with E-state index >= 15 is 0 Å². The number of hydrogen-bond acceptors (Lipinski definition) is 3. The maximum Gasteiger partial charge on any atom is 0.227 e. The number of nitrogens with one attached hydrogen (secondary N) is 1. The van der Waals surface area contributed by atoms with Crippen LogP contribution in [0.25, 0.3) is 0 Å². The lowest BCUT2D eigenvalue weighted by Crippen LogP contribution is -2.35. The van der Waals surface area contributed by atoms with Crippen LogP contribution in [-0.4, -0.2) is 37.6 Å². The molecule has 1 saturated heterocycles. The van der Waals surface area contributed by atoms with Gasteiger partial charge in [-0.3, -0.25) is 4.79 Å². The molecule has 0 aromatic heterocycles. The average Bonchev–Trinajstić information content (AvgIpc) is 3.23. The minimum atomic E-state index is 0.108. The molecule has 19 heavy (non-hydrogen) atoms. The number of benzene rings is 1. The number of morpholine rings is 1. The van der Waals surface area contributed by atoms with E-state index in [1.807, 2.05) is 18.2 Å². The van der Waals surface area contributed by atoms with Crippen LogP contribution in [0.15, 0.2) is 24.3 Å². The van der Waals surface area contributed by atoms with E-state index < -0.39 is 0 Å². The monoisotopic (exact) mass is 260 g/mol. The second-order valence-electron chi connectivity index (χ2n) is 5.51. The van der Waals surface area contributed by atoms with Gasteiger partial charge in [0.15, 0.2) is 0 Å². The summed E-state index contributed by atoms with van der Waals surface area (Å²) in [4.78, 5) is 14.0. The van der Waals surface area contributed by atoms with Gasteiger partial charge in [0.2, 0.25) is 5.91 Å². The molecule has 0 radical (unpaired) electrons. The van der Waals surface area contributed by atoms with E-state index in [-0.39, 0.29) is 17.9 Å². The van der Waals surface area contributed by atoms with Crippen LogP contribution in [0.1, 0.15) is 24.5 Å². The molecule has 3 rings (SSSR count). The molecular formula is C15H20N2O2. The van der Waals surface area contributed by atoms with Gasteiger partial charge in [-0.05, 0) is 37.6 Å². The Kier molecular flexibility index (Phi) is 3.53. The maximum atomic E-state index is 11.8. The van der Waals surface area contributed by atoms with Crippen LogP contribution in [0.4, 0.5) is 5.69 Å². The Morgan fingerprint density at radius 3 is 3.00 bits per heavy atom. The molecule has 1 aromatic rings. The molecule has 1 atom stereocenters. The second kappa shape index (κ2) is 5.31. The molecule has 1 aliphatic carbocycles. The van der Waals surface area contributed by atoms with Crippen molar-refractivity contribution in [3.63, 3.8) is 0 Å². The molecule has 0 spiro atoms. The number of likely N-dealkylation sites (N-methyl/N-ethyl adjacent to an activating group) is 1. The van der Waals surface area contributed by atoms with E-state index in [4.69, 9.17) is 4.74 Å². The van der Waals surface area contributed by atoms with Gasteiger partial charge in [0.1, 0.15) is 0 Å². The Morgan fingerprint density at radius 1 is 1.42 bits per heavy atom. The number of amides is 1. The third kappa shape index (κ3) is 3.14. The Bertz CT molecular complexity index is 471. The van der Waals surface area contributed by atoms with Crippen LogP contribution in [0.5, 0.6) is 0 Å². The van der Waals surface area contributed by atoms with Gasteiger partial charge in [0, 0.05) is 24.7 Å². The molecule has 4 heteroatoms. The summed E-state index contributed by atoms with van der Waals surface area (Å²) in [6.45, 7) is 2.65. The summed E-state index contributed by atoms with van der Waals surface area (Å²) < 4.78 is 5.80. The molecule has 102 valence electrons. The summed E-state index contributed by atoms with van der Waals surface area (Å²) in [5, 5.41) is 2.99. The first kappa shape index (κ1) is 12.6. The van der Waals surface area contributed by atoms with Crippen LogP contribution in [0.3, 0.4) is 0 Å². The Hall–Kier alpha value is -1.39. The SMILES string of the molecule is CN1CCOC(c2cccc(NC(=O)C3CC3)c2)C1. The highest BCUT2D eigenvalue weighted by Crippen LogP contribution is 2.31. The van der Waals surface area contributed by atoms with Gasteiger partial charge in [-0.2, -0.15) is 0 Å². The number of hydrogen-bond donors (Lipinski definition) is 1. The van der Waals surface area contributed by atoms with Crippen molar-refractivity contribution in [3.05, 3.63) is 29.8 Å². The molecule has 1 aliphatic heterocycles. The molecular weight excluding hydrogens is 240 g/mol. The largest absolute Gasteiger partial charge is 0.371 e. The van der Waals surface area contributed by atoms with Gasteiger partial charge < -0.3 is 15.0 Å². The summed E-state index contributed by atoms with van der Waals surface area (Å²) in [5.41, 5.74) is 2.02. The lowest BCUT2D eigenvalue weighted by atomic mass is 10.1. The van der Waals surface area contributed by atoms with Crippen LogP contribution >= 0.6 is 0 Å². The summed E-state index contributed by atoms with van der Waals surface area (Å²) in [5.74, 6) is 0.388. The van der Waals surface area contributed by atoms with Crippen molar-refractivity contribution in [2.75, 3.05) is 32.1 Å². The van der Waals surface area contributed by atoms with Crippen molar-refractivity contribution in [3.8, 4) is 0 Å². The summed E-state index contributed by atoms with van der Waals surface area (Å²) in [6.07, 6.45) is 2.17. The van der Waals surface area contributed by atoms with Crippen molar-refractivity contribution in [2.24, 2.45) is 5.92 Å². The number of ether oxygens (including phenoxy) is 1. The summed E-state index contributed by atoms with van der Waals surface area (Å²) in [7, 11) is 2.11. The molecule has 1 amide bonds. The lowest BCUT2D eigenvalue weighted by Gasteiger charge is -2.30. The first-order chi connectivity index (χ1) is 9.22. The van der Waals surface area contributed by atoms with E-state index in [0.29, 0.717) is 0 Å². The van der Waals surface area contributed by atoms with Crippen molar-refractivity contribution < 1.29 is 9.53 Å². The van der Waals surface area contributed by atoms with E-state index in [1.54, 1.807) is 0 Å². The van der Waals surface area contributed by atoms with Crippen molar-refractivity contribution in [1.82, 2.24) is 4.90 Å². The smallest absolute Gasteiger partial charge is 0.227 e. The topological polar surface area (TPSA) is 41.6 Å². The van der Waals surface area contributed by atoms with Crippen molar-refractivity contribution >= 4 is 11.6 Å². The van der Waals surface area contributed by atoms with E-state index in [1.165, 1.54) is 0 Å². The Labute approximate surface area is 113 Å². The molecule has 1 aromatic carbocycles. The molecule has 0 bridgehead atoms. The first-order valence-corrected chi connectivity index (χ1v) is 6.93. The molecule has 1 unspecified atom stereocenters. The standard InChI is InChI=1S/C15H20N2O2/c1-17-7-8-19-14(10-17)12-3-2-4-13(9-12)16-15(18)11-5-6-11/h2-4,9,11,14H,5-8,10H2,1H3,(H,16,18). The van der Waals surface area contributed by atoms with Crippen LogP contribution < -0.4 is 5.32 Å². The van der Waals surface area contributed by atoms with Gasteiger partial charge in [0.05, 0.1) is 12.7 Å². The zero-order valence-electron chi connectivity index (χ0n) is 11.3. The first-order valence-electron chi connectivity index (χ1n) is 6.93. The molecule has 4 nitrogen and oxygen atoms in total. The maximum absolute atomic E-state index is 11.8. The molecule has 2 fully saturated rings. The molecule has 2 aliphatic rings. The molecule has 1 heterocycles. The number of anilines is 1. The molecule has 1 N–H and O–H groups in total. The second-order valence-corrected chi connectivity index (χ2v) is 5.51. The summed E-state index contributed by atoms with van der Waals surface area (Å²) in [6, 6.07) is 8.02. The van der Waals surface area contributed by atoms with Gasteiger partial charge in [-0.25, -0.2) is 0 Å². The van der Waals surface area contributed by atoms with Gasteiger partial charge in [-0.15, -0.1) is 0 Å². The zero-order valence-corrected chi connectivity index (χ0v) is 11.3. The third-order valence-electron chi connectivity index (χ3n) is 3.74. The number of carbonyl (C=O) groups excluding carboxylic acids is 1. The van der Waals surface area contributed by atoms with E-state index in [2.05, 4.69) is 23.3 Å².